The van der Waals surface area contributed by atoms with E-state index in [0.717, 1.165) is 0 Å². The lowest BCUT2D eigenvalue weighted by Crippen LogP contribution is -2.50. The van der Waals surface area contributed by atoms with Crippen molar-refractivity contribution in [2.75, 3.05) is 0 Å². The zero-order chi connectivity index (χ0) is 13.7. The molecule has 7 atom stereocenters. The van der Waals surface area contributed by atoms with Crippen LogP contribution in [0.4, 0.5) is 0 Å². The van der Waals surface area contributed by atoms with Crippen LogP contribution < -0.4 is 0 Å². The molecule has 5 nitrogen and oxygen atoms in total. The summed E-state index contributed by atoms with van der Waals surface area (Å²) in [6, 6.07) is 0. The van der Waals surface area contributed by atoms with Crippen LogP contribution in [0.3, 0.4) is 0 Å². The molecule has 2 fully saturated rings. The zero-order valence-corrected chi connectivity index (χ0v) is 11.1. The van der Waals surface area contributed by atoms with Crippen molar-refractivity contribution in [1.29, 1.82) is 0 Å². The highest BCUT2D eigenvalue weighted by Crippen LogP contribution is 2.50. The van der Waals surface area contributed by atoms with Crippen LogP contribution in [0.5, 0.6) is 0 Å². The van der Waals surface area contributed by atoms with E-state index in [0.29, 0.717) is 6.42 Å². The number of rotatable bonds is 2. The Bertz CT molecular complexity index is 405. The van der Waals surface area contributed by atoms with Crippen molar-refractivity contribution < 1.29 is 24.5 Å². The van der Waals surface area contributed by atoms with Gasteiger partial charge in [-0.1, -0.05) is 12.2 Å². The monoisotopic (exact) mass is 268 g/mol. The molecule has 2 bridgehead atoms. The third-order valence-corrected chi connectivity index (χ3v) is 4.41. The summed E-state index contributed by atoms with van der Waals surface area (Å²) in [5.74, 6) is -1.01. The number of carbonyl (C=O) groups is 1. The zero-order valence-electron chi connectivity index (χ0n) is 11.1. The fraction of sp³-hybridized carbons (Fsp3) is 0.786. The van der Waals surface area contributed by atoms with Crippen LogP contribution in [0.15, 0.2) is 12.2 Å². The van der Waals surface area contributed by atoms with Gasteiger partial charge in [0.05, 0.1) is 36.4 Å². The summed E-state index contributed by atoms with van der Waals surface area (Å²) in [4.78, 5) is 12.2. The van der Waals surface area contributed by atoms with Gasteiger partial charge in [-0.25, -0.2) is 0 Å². The highest BCUT2D eigenvalue weighted by molar-refractivity contribution is 5.75. The predicted molar refractivity (Wildman–Crippen MR) is 66.1 cm³/mol. The first-order valence-electron chi connectivity index (χ1n) is 6.89. The number of hydrogen-bond acceptors (Lipinski definition) is 5. The molecule has 0 amide bonds. The molecule has 0 unspecified atom stereocenters. The number of esters is 1. The smallest absolute Gasteiger partial charge is 0.312 e. The normalized spacial score (nSPS) is 47.5. The van der Waals surface area contributed by atoms with E-state index < -0.39 is 24.2 Å². The summed E-state index contributed by atoms with van der Waals surface area (Å²) >= 11 is 0. The quantitative estimate of drug-likeness (QED) is 0.554. The molecule has 2 aliphatic carbocycles. The third-order valence-electron chi connectivity index (χ3n) is 4.41. The lowest BCUT2D eigenvalue weighted by atomic mass is 9.65. The first-order valence-corrected chi connectivity index (χ1v) is 6.89. The van der Waals surface area contributed by atoms with Gasteiger partial charge in [-0.15, -0.1) is 0 Å². The molecular formula is C14H20O5. The van der Waals surface area contributed by atoms with Crippen LogP contribution in [-0.4, -0.2) is 46.7 Å². The summed E-state index contributed by atoms with van der Waals surface area (Å²) < 4.78 is 11.1. The van der Waals surface area contributed by atoms with Gasteiger partial charge in [-0.3, -0.25) is 4.79 Å². The van der Waals surface area contributed by atoms with Gasteiger partial charge in [-0.05, 0) is 26.2 Å². The Labute approximate surface area is 112 Å². The van der Waals surface area contributed by atoms with E-state index in [1.807, 2.05) is 0 Å². The number of hydrogen-bond donors (Lipinski definition) is 2. The van der Waals surface area contributed by atoms with Crippen molar-refractivity contribution in [3.63, 3.8) is 0 Å². The Kier molecular flexibility index (Phi) is 3.15. The van der Waals surface area contributed by atoms with Crippen molar-refractivity contribution in [3.8, 4) is 0 Å². The molecule has 3 rings (SSSR count). The van der Waals surface area contributed by atoms with E-state index in [4.69, 9.17) is 9.47 Å². The fourth-order valence-electron chi connectivity index (χ4n) is 3.70. The van der Waals surface area contributed by atoms with Gasteiger partial charge in [0.2, 0.25) is 0 Å². The number of aliphatic hydroxyl groups is 2. The van der Waals surface area contributed by atoms with E-state index in [1.54, 1.807) is 26.0 Å². The molecule has 0 spiro atoms. The molecule has 0 radical (unpaired) electrons. The third kappa shape index (κ3) is 2.00. The summed E-state index contributed by atoms with van der Waals surface area (Å²) in [6.07, 6.45) is 1.76. The Morgan fingerprint density at radius 3 is 2.79 bits per heavy atom. The number of fused-ring (bicyclic) bond motifs is 1. The second kappa shape index (κ2) is 4.58. The SMILES string of the molecule is CC(C)OC(=O)[C@H]1[C@H]2O[C@@H]3C=C[C@H](O)[C@@H](C[C@H]2O)[C@H]13. The average molecular weight is 268 g/mol. The first-order chi connectivity index (χ1) is 8.99. The van der Waals surface area contributed by atoms with Crippen LogP contribution in [0, 0.1) is 17.8 Å². The van der Waals surface area contributed by atoms with E-state index in [-0.39, 0.29) is 30.0 Å². The number of carbonyl (C=O) groups excluding carboxylic acids is 1. The maximum absolute atomic E-state index is 12.2. The van der Waals surface area contributed by atoms with Crippen LogP contribution in [0.25, 0.3) is 0 Å². The Hall–Kier alpha value is -0.910. The van der Waals surface area contributed by atoms with Gasteiger partial charge in [0.1, 0.15) is 0 Å². The molecule has 1 heterocycles. The highest BCUT2D eigenvalue weighted by atomic mass is 16.6. The van der Waals surface area contributed by atoms with Gasteiger partial charge < -0.3 is 19.7 Å². The van der Waals surface area contributed by atoms with E-state index in [9.17, 15) is 15.0 Å². The van der Waals surface area contributed by atoms with Crippen molar-refractivity contribution in [1.82, 2.24) is 0 Å². The first kappa shape index (κ1) is 13.1. The van der Waals surface area contributed by atoms with E-state index in [2.05, 4.69) is 0 Å². The van der Waals surface area contributed by atoms with E-state index in [1.165, 1.54) is 0 Å². The summed E-state index contributed by atoms with van der Waals surface area (Å²) in [5.41, 5.74) is 0. The molecule has 0 aromatic carbocycles. The molecule has 5 heteroatoms. The van der Waals surface area contributed by atoms with Gasteiger partial charge >= 0.3 is 5.97 Å². The lowest BCUT2D eigenvalue weighted by Gasteiger charge is -2.40. The Morgan fingerprint density at radius 1 is 1.37 bits per heavy atom. The van der Waals surface area contributed by atoms with E-state index >= 15 is 0 Å². The lowest BCUT2D eigenvalue weighted by molar-refractivity contribution is -0.162. The average Bonchev–Trinajstić information content (AvgIpc) is 2.67. The van der Waals surface area contributed by atoms with Crippen LogP contribution >= 0.6 is 0 Å². The second-order valence-electron chi connectivity index (χ2n) is 6.00. The van der Waals surface area contributed by atoms with Crippen LogP contribution in [0.1, 0.15) is 20.3 Å². The van der Waals surface area contributed by atoms with Crippen molar-refractivity contribution >= 4 is 5.97 Å². The summed E-state index contributed by atoms with van der Waals surface area (Å²) in [7, 11) is 0. The minimum Gasteiger partial charge on any atom is -0.463 e. The van der Waals surface area contributed by atoms with Crippen molar-refractivity contribution in [2.45, 2.75) is 50.8 Å². The molecule has 0 aromatic rings. The molecule has 1 saturated carbocycles. The van der Waals surface area contributed by atoms with Crippen molar-refractivity contribution in [3.05, 3.63) is 12.2 Å². The van der Waals surface area contributed by atoms with Gasteiger partial charge in [0, 0.05) is 5.92 Å². The largest absolute Gasteiger partial charge is 0.463 e. The second-order valence-corrected chi connectivity index (χ2v) is 6.00. The summed E-state index contributed by atoms with van der Waals surface area (Å²) in [6.45, 7) is 3.60. The molecule has 1 saturated heterocycles. The van der Waals surface area contributed by atoms with Gasteiger partial charge in [0.15, 0.2) is 0 Å². The Balaban J connectivity index is 1.90. The maximum Gasteiger partial charge on any atom is 0.312 e. The summed E-state index contributed by atoms with van der Waals surface area (Å²) in [5, 5.41) is 20.2. The minimum absolute atomic E-state index is 0.0837. The molecular weight excluding hydrogens is 248 g/mol. The molecule has 1 aliphatic heterocycles. The number of aliphatic hydroxyl groups excluding tert-OH is 2. The molecule has 0 aromatic heterocycles. The standard InChI is InChI=1S/C14H20O5/c1-6(2)18-14(17)12-11-7-5-9(16)13(12)19-10(11)4-3-8(7)15/h3-4,6-13,15-16H,5H2,1-2H3/t7-,8+,9-,10-,11+,12-,13+/m1/s1. The van der Waals surface area contributed by atoms with Crippen LogP contribution in [0.2, 0.25) is 0 Å². The fourth-order valence-corrected chi connectivity index (χ4v) is 3.70. The van der Waals surface area contributed by atoms with Gasteiger partial charge in [-0.2, -0.15) is 0 Å². The minimum atomic E-state index is -0.717. The predicted octanol–water partition coefficient (Wildman–Crippen LogP) is 0.249. The molecule has 3 aliphatic rings. The topological polar surface area (TPSA) is 76.0 Å². The van der Waals surface area contributed by atoms with Crippen LogP contribution in [-0.2, 0) is 14.3 Å². The molecule has 19 heavy (non-hydrogen) atoms. The molecule has 106 valence electrons. The van der Waals surface area contributed by atoms with Gasteiger partial charge in [0.25, 0.3) is 0 Å². The molecule has 2 N–H and O–H groups in total. The number of ether oxygens (including phenoxy) is 2. The van der Waals surface area contributed by atoms with Crippen molar-refractivity contribution in [2.24, 2.45) is 17.8 Å². The maximum atomic E-state index is 12.2. The Morgan fingerprint density at radius 2 is 2.11 bits per heavy atom. The highest BCUT2D eigenvalue weighted by Gasteiger charge is 2.59.